The van der Waals surface area contributed by atoms with Crippen LogP contribution in [0, 0.1) is 23.7 Å². The molecule has 7 rings (SSSR count). The van der Waals surface area contributed by atoms with Crippen molar-refractivity contribution in [1.29, 1.82) is 0 Å². The molecule has 4 aromatic rings. The highest BCUT2D eigenvalue weighted by molar-refractivity contribution is 6.27. The average molecular weight is 573 g/mol. The van der Waals surface area contributed by atoms with E-state index in [-0.39, 0.29) is 5.41 Å². The van der Waals surface area contributed by atoms with Crippen molar-refractivity contribution in [1.82, 2.24) is 5.32 Å². The molecule has 0 aromatic heterocycles. The van der Waals surface area contributed by atoms with E-state index in [2.05, 4.69) is 31.3 Å². The van der Waals surface area contributed by atoms with Crippen LogP contribution >= 0.6 is 0 Å². The first-order chi connectivity index (χ1) is 20.7. The number of carbonyl (C=O) groups is 4. The molecule has 4 amide bonds. The summed E-state index contributed by atoms with van der Waals surface area (Å²) < 4.78 is 12.0. The minimum Gasteiger partial charge on any atom is -0.457 e. The van der Waals surface area contributed by atoms with Gasteiger partial charge in [0.2, 0.25) is 23.6 Å². The van der Waals surface area contributed by atoms with E-state index in [1.165, 1.54) is 0 Å². The highest BCUT2D eigenvalue weighted by Gasteiger charge is 2.71. The fourth-order valence-electron chi connectivity index (χ4n) is 6.43. The zero-order valence-corrected chi connectivity index (χ0v) is 23.5. The summed E-state index contributed by atoms with van der Waals surface area (Å²) in [7, 11) is 0. The molecular formula is C35H28N2O6. The van der Waals surface area contributed by atoms with E-state index in [4.69, 9.17) is 9.47 Å². The molecular weight excluding hydrogens is 544 g/mol. The van der Waals surface area contributed by atoms with Gasteiger partial charge < -0.3 is 9.47 Å². The van der Waals surface area contributed by atoms with Gasteiger partial charge in [-0.3, -0.25) is 29.4 Å². The topological polar surface area (TPSA) is 102 Å². The number of fused-ring (bicyclic) bond motifs is 4. The van der Waals surface area contributed by atoms with E-state index >= 15 is 0 Å². The minimum absolute atomic E-state index is 0.260. The Morgan fingerprint density at radius 3 is 1.37 bits per heavy atom. The van der Waals surface area contributed by atoms with Gasteiger partial charge >= 0.3 is 0 Å². The van der Waals surface area contributed by atoms with Gasteiger partial charge in [0.05, 0.1) is 29.4 Å². The molecule has 2 aliphatic heterocycles. The van der Waals surface area contributed by atoms with Crippen LogP contribution in [-0.4, -0.2) is 23.6 Å². The molecule has 2 saturated heterocycles. The van der Waals surface area contributed by atoms with E-state index in [1.807, 2.05) is 66.7 Å². The number of hydrogen-bond acceptors (Lipinski definition) is 6. The Morgan fingerprint density at radius 1 is 0.535 bits per heavy atom. The van der Waals surface area contributed by atoms with Crippen molar-refractivity contribution in [3.05, 3.63) is 114 Å². The summed E-state index contributed by atoms with van der Waals surface area (Å²) in [5.74, 6) is -2.11. The monoisotopic (exact) mass is 572 g/mol. The van der Waals surface area contributed by atoms with Crippen LogP contribution in [0.25, 0.3) is 0 Å². The number of anilines is 1. The van der Waals surface area contributed by atoms with Crippen LogP contribution in [0.3, 0.4) is 0 Å². The Morgan fingerprint density at radius 2 is 0.930 bits per heavy atom. The number of nitrogens with one attached hydrogen (secondary N) is 1. The molecule has 214 valence electrons. The zero-order valence-electron chi connectivity index (χ0n) is 23.5. The lowest BCUT2D eigenvalue weighted by Gasteiger charge is -2.36. The molecule has 8 nitrogen and oxygen atoms in total. The van der Waals surface area contributed by atoms with E-state index in [0.717, 1.165) is 27.5 Å². The molecule has 1 N–H and O–H groups in total. The molecule has 43 heavy (non-hydrogen) atoms. The van der Waals surface area contributed by atoms with Gasteiger partial charge in [-0.1, -0.05) is 56.3 Å². The average Bonchev–Trinajstić information content (AvgIpc) is 3.34. The Hall–Kier alpha value is -5.24. The van der Waals surface area contributed by atoms with Crippen LogP contribution < -0.4 is 19.7 Å². The lowest BCUT2D eigenvalue weighted by atomic mass is 9.59. The summed E-state index contributed by atoms with van der Waals surface area (Å²) in [4.78, 5) is 51.3. The molecule has 0 spiro atoms. The number of benzene rings is 4. The van der Waals surface area contributed by atoms with Gasteiger partial charge in [0.1, 0.15) is 23.0 Å². The third-order valence-electron chi connectivity index (χ3n) is 8.87. The number of rotatable bonds is 7. The quantitative estimate of drug-likeness (QED) is 0.289. The third kappa shape index (κ3) is 4.37. The Balaban J connectivity index is 1.01. The number of ether oxygens (including phenoxy) is 2. The highest BCUT2D eigenvalue weighted by atomic mass is 16.5. The van der Waals surface area contributed by atoms with Crippen molar-refractivity contribution >= 4 is 29.3 Å². The van der Waals surface area contributed by atoms with E-state index in [9.17, 15) is 19.2 Å². The second-order valence-corrected chi connectivity index (χ2v) is 11.7. The summed E-state index contributed by atoms with van der Waals surface area (Å²) in [6.45, 7) is 4.33. The molecule has 1 aliphatic carbocycles. The molecule has 4 atom stereocenters. The summed E-state index contributed by atoms with van der Waals surface area (Å²) in [6, 6.07) is 32.3. The summed E-state index contributed by atoms with van der Waals surface area (Å²) >= 11 is 0. The van der Waals surface area contributed by atoms with Crippen LogP contribution in [0.1, 0.15) is 25.0 Å². The van der Waals surface area contributed by atoms with Gasteiger partial charge in [-0.2, -0.15) is 0 Å². The molecule has 2 heterocycles. The molecule has 8 heteroatoms. The van der Waals surface area contributed by atoms with Gasteiger partial charge in [0, 0.05) is 5.41 Å². The van der Waals surface area contributed by atoms with Gasteiger partial charge in [0.25, 0.3) is 0 Å². The first-order valence-electron chi connectivity index (χ1n) is 14.2. The summed E-state index contributed by atoms with van der Waals surface area (Å²) in [5, 5.41) is 2.24. The molecule has 1 saturated carbocycles. The SMILES string of the molecule is CC(C)(c1ccc(Oc2ccccc2)cc1)c1ccc(Oc2ccc(N3C(=O)C4C5C(=O)NC(=O)C5C4C3=O)cc2)cc1. The van der Waals surface area contributed by atoms with Crippen LogP contribution in [0.2, 0.25) is 0 Å². The number of imide groups is 2. The van der Waals surface area contributed by atoms with Gasteiger partial charge in [-0.25, -0.2) is 0 Å². The number of hydrogen-bond donors (Lipinski definition) is 1. The third-order valence-corrected chi connectivity index (χ3v) is 8.87. The van der Waals surface area contributed by atoms with E-state index in [0.29, 0.717) is 17.2 Å². The summed E-state index contributed by atoms with van der Waals surface area (Å²) in [6.07, 6.45) is 0. The smallest absolute Gasteiger partial charge is 0.238 e. The highest BCUT2D eigenvalue weighted by Crippen LogP contribution is 2.55. The van der Waals surface area contributed by atoms with Crippen LogP contribution in [-0.2, 0) is 24.6 Å². The van der Waals surface area contributed by atoms with E-state index < -0.39 is 47.3 Å². The first kappa shape index (κ1) is 26.6. The lowest BCUT2D eigenvalue weighted by Crippen LogP contribution is -2.50. The largest absolute Gasteiger partial charge is 0.457 e. The van der Waals surface area contributed by atoms with Gasteiger partial charge in [0.15, 0.2) is 0 Å². The van der Waals surface area contributed by atoms with Crippen molar-refractivity contribution < 1.29 is 28.7 Å². The molecule has 3 aliphatic rings. The number of nitrogens with zero attached hydrogens (tertiary/aromatic N) is 1. The van der Waals surface area contributed by atoms with Crippen molar-refractivity contribution in [3.8, 4) is 23.0 Å². The normalized spacial score (nSPS) is 22.5. The molecule has 3 fully saturated rings. The maximum atomic E-state index is 13.0. The van der Waals surface area contributed by atoms with Crippen molar-refractivity contribution in [2.75, 3.05) is 4.90 Å². The number of carbonyl (C=O) groups excluding carboxylic acids is 4. The van der Waals surface area contributed by atoms with Crippen LogP contribution in [0.4, 0.5) is 5.69 Å². The predicted octanol–water partition coefficient (Wildman–Crippen LogP) is 5.61. The van der Waals surface area contributed by atoms with Crippen LogP contribution in [0.15, 0.2) is 103 Å². The lowest BCUT2D eigenvalue weighted by molar-refractivity contribution is -0.146. The fraction of sp³-hybridized carbons (Fsp3) is 0.200. The molecule has 4 aromatic carbocycles. The fourth-order valence-corrected chi connectivity index (χ4v) is 6.43. The second-order valence-electron chi connectivity index (χ2n) is 11.7. The minimum atomic E-state index is -0.775. The summed E-state index contributed by atoms with van der Waals surface area (Å²) in [5.41, 5.74) is 2.39. The zero-order chi connectivity index (χ0) is 29.9. The van der Waals surface area contributed by atoms with Gasteiger partial charge in [-0.05, 0) is 71.8 Å². The maximum Gasteiger partial charge on any atom is 0.238 e. The standard InChI is InChI=1S/C35H28N2O6/c1-35(2,20-8-14-24(15-9-20)42-23-6-4-3-5-7-23)21-10-16-25(17-11-21)43-26-18-12-22(13-19-26)37-33(40)29-27-28(30(29)34(37)41)32(39)36-31(27)38/h3-19,27-30H,1-2H3,(H,36,38,39). The molecule has 0 bridgehead atoms. The van der Waals surface area contributed by atoms with Crippen molar-refractivity contribution in [3.63, 3.8) is 0 Å². The Labute approximate surface area is 248 Å². The van der Waals surface area contributed by atoms with E-state index in [1.54, 1.807) is 24.3 Å². The maximum absolute atomic E-state index is 13.0. The Kier molecular flexibility index (Phi) is 6.16. The van der Waals surface area contributed by atoms with Crippen molar-refractivity contribution in [2.45, 2.75) is 19.3 Å². The predicted molar refractivity (Wildman–Crippen MR) is 158 cm³/mol. The second kappa shape index (κ2) is 9.94. The Bertz CT molecular complexity index is 1710. The van der Waals surface area contributed by atoms with Crippen LogP contribution in [0.5, 0.6) is 23.0 Å². The number of para-hydroxylation sites is 1. The number of amides is 4. The molecule has 4 unspecified atom stereocenters. The molecule has 0 radical (unpaired) electrons. The van der Waals surface area contributed by atoms with Crippen molar-refractivity contribution in [2.24, 2.45) is 23.7 Å². The first-order valence-corrected chi connectivity index (χ1v) is 14.2. The van der Waals surface area contributed by atoms with Gasteiger partial charge in [-0.15, -0.1) is 0 Å².